The van der Waals surface area contributed by atoms with Gasteiger partial charge in [-0.15, -0.1) is 0 Å². The molecule has 0 fully saturated rings. The fourth-order valence-electron chi connectivity index (χ4n) is 0. The molecule has 0 aliphatic heterocycles. The molecule has 0 saturated carbocycles. The van der Waals surface area contributed by atoms with Gasteiger partial charge in [0.2, 0.25) is 0 Å². The molecule has 21 heteroatoms. The summed E-state index contributed by atoms with van der Waals surface area (Å²) in [6.45, 7) is 0. The fraction of sp³-hybridized carbons (Fsp3) is 0. The second kappa shape index (κ2) is 26.1. The van der Waals surface area contributed by atoms with Crippen molar-refractivity contribution in [3.8, 4) is 0 Å². The van der Waals surface area contributed by atoms with Gasteiger partial charge in [0, 0.05) is 31.2 Å². The zero-order valence-electron chi connectivity index (χ0n) is 12.3. The molecule has 0 radical (unpaired) electrons. The molecular weight excluding hydrogens is 452 g/mol. The van der Waals surface area contributed by atoms with Crippen LogP contribution in [0.25, 0.3) is 0 Å². The van der Waals surface area contributed by atoms with Crippen molar-refractivity contribution in [3.63, 3.8) is 0 Å². The van der Waals surface area contributed by atoms with E-state index in [9.17, 15) is 0 Å². The van der Waals surface area contributed by atoms with Gasteiger partial charge < -0.3 is 41.1 Å². The molecular formula is H6Al2K2O14S3. The van der Waals surface area contributed by atoms with Crippen LogP contribution in [0.2, 0.25) is 0 Å². The molecule has 21 heavy (non-hydrogen) atoms. The molecule has 0 spiro atoms. The topological polar surface area (TPSA) is 304 Å². The predicted octanol–water partition coefficient (Wildman–Crippen LogP) is -12.2. The average Bonchev–Trinajstić information content (AvgIpc) is 1.41. The summed E-state index contributed by atoms with van der Waals surface area (Å²) in [4.78, 5) is 0. The minimum Gasteiger partial charge on any atom is -1.00 e. The Bertz CT molecular complexity index is 361. The molecule has 0 rings (SSSR count). The van der Waals surface area contributed by atoms with Gasteiger partial charge in [-0.1, -0.05) is 0 Å². The Morgan fingerprint density at radius 1 is 0.476 bits per heavy atom. The third-order valence-electron chi connectivity index (χ3n) is 0. The summed E-state index contributed by atoms with van der Waals surface area (Å²) in [7, 11) is -15.5. The standard InChI is InChI=1S/2Al.2K.3H2O4S.2H2O.2H/c;;;;3*1-5(2,3)4;;;;/h;;;;3*(H2,1,2,3,4);2*1H2;;/q2*+3;2*+1;;;;;;2*-1/p-6. The van der Waals surface area contributed by atoms with E-state index >= 15 is 0 Å². The van der Waals surface area contributed by atoms with Crippen LogP contribution in [-0.4, -0.2) is 98.2 Å². The zero-order valence-corrected chi connectivity index (χ0v) is 21.3. The van der Waals surface area contributed by atoms with E-state index in [4.69, 9.17) is 52.6 Å². The molecule has 0 aliphatic rings. The average molecular weight is 458 g/mol. The van der Waals surface area contributed by atoms with E-state index in [1.807, 2.05) is 0 Å². The normalized spacial score (nSPS) is 8.29. The van der Waals surface area contributed by atoms with Gasteiger partial charge in [0.05, 0.1) is 0 Å². The molecule has 0 aliphatic carbocycles. The molecule has 0 aromatic carbocycles. The summed E-state index contributed by atoms with van der Waals surface area (Å²) in [5, 5.41) is 0. The van der Waals surface area contributed by atoms with Crippen molar-refractivity contribution in [3.05, 3.63) is 0 Å². The Kier molecular flexibility index (Phi) is 69.9. The Balaban J connectivity index is -0.00000000889. The minimum atomic E-state index is -5.17. The van der Waals surface area contributed by atoms with Crippen LogP contribution >= 0.6 is 0 Å². The van der Waals surface area contributed by atoms with E-state index in [0.29, 0.717) is 0 Å². The van der Waals surface area contributed by atoms with Crippen LogP contribution in [0.1, 0.15) is 2.85 Å². The number of hydrogen-bond acceptors (Lipinski definition) is 12. The van der Waals surface area contributed by atoms with Gasteiger partial charge in [0.25, 0.3) is 0 Å². The smallest absolute Gasteiger partial charge is 1.00 e. The van der Waals surface area contributed by atoms with Crippen molar-refractivity contribution < 1.29 is 169 Å². The van der Waals surface area contributed by atoms with Crippen molar-refractivity contribution in [2.24, 2.45) is 0 Å². The van der Waals surface area contributed by atoms with Crippen LogP contribution in [-0.2, 0) is 31.2 Å². The first kappa shape index (κ1) is 56.3. The van der Waals surface area contributed by atoms with E-state index in [0.717, 1.165) is 0 Å². The van der Waals surface area contributed by atoms with Gasteiger partial charge >= 0.3 is 137 Å². The van der Waals surface area contributed by atoms with E-state index in [1.54, 1.807) is 0 Å². The summed E-state index contributed by atoms with van der Waals surface area (Å²) in [5.74, 6) is 0. The monoisotopic (exact) mass is 458 g/mol. The van der Waals surface area contributed by atoms with Crippen LogP contribution in [0.15, 0.2) is 0 Å². The molecule has 4 N–H and O–H groups in total. The van der Waals surface area contributed by atoms with Gasteiger partial charge in [-0.2, -0.15) is 0 Å². The molecule has 0 heterocycles. The molecule has 0 aromatic rings. The van der Waals surface area contributed by atoms with Crippen molar-refractivity contribution in [2.45, 2.75) is 0 Å². The van der Waals surface area contributed by atoms with Crippen LogP contribution in [0.3, 0.4) is 0 Å². The summed E-state index contributed by atoms with van der Waals surface area (Å²) in [5.41, 5.74) is 0. The van der Waals surface area contributed by atoms with Gasteiger partial charge in [-0.25, -0.2) is 0 Å². The Morgan fingerprint density at radius 2 is 0.476 bits per heavy atom. The second-order valence-corrected chi connectivity index (χ2v) is 3.67. The van der Waals surface area contributed by atoms with Crippen LogP contribution in [0, 0.1) is 0 Å². The Morgan fingerprint density at radius 3 is 0.476 bits per heavy atom. The first-order valence-electron chi connectivity index (χ1n) is 2.00. The zero-order chi connectivity index (χ0) is 13.5. The van der Waals surface area contributed by atoms with E-state index < -0.39 is 31.2 Å². The summed E-state index contributed by atoms with van der Waals surface area (Å²) < 4.78 is 102. The fourth-order valence-corrected chi connectivity index (χ4v) is 0. The van der Waals surface area contributed by atoms with Gasteiger partial charge in [-0.3, -0.25) is 25.3 Å². The maximum absolute atomic E-state index is 8.52. The molecule has 0 aromatic heterocycles. The minimum absolute atomic E-state index is 0. The van der Waals surface area contributed by atoms with Gasteiger partial charge in [0.1, 0.15) is 0 Å². The van der Waals surface area contributed by atoms with Crippen molar-refractivity contribution in [2.75, 3.05) is 0 Å². The van der Waals surface area contributed by atoms with E-state index in [1.165, 1.54) is 0 Å². The van der Waals surface area contributed by atoms with Crippen LogP contribution < -0.4 is 103 Å². The number of hydrogen-bond donors (Lipinski definition) is 0. The SMILES string of the molecule is O.O.O=S(=O)([O-])[O-].O=S(=O)([O-])[O-].O=S(=O)([O-])[O-].[Al+3].[Al+3].[H-].[H-].[K+].[K+]. The van der Waals surface area contributed by atoms with E-state index in [2.05, 4.69) is 0 Å². The molecule has 0 unspecified atom stereocenters. The summed E-state index contributed by atoms with van der Waals surface area (Å²) in [6.07, 6.45) is 0. The first-order valence-corrected chi connectivity index (χ1v) is 6.00. The quantitative estimate of drug-likeness (QED) is 0.185. The second-order valence-electron chi connectivity index (χ2n) is 1.22. The molecule has 0 saturated heterocycles. The summed E-state index contributed by atoms with van der Waals surface area (Å²) >= 11 is 0. The molecule has 0 atom stereocenters. The molecule has 116 valence electrons. The van der Waals surface area contributed by atoms with Crippen molar-refractivity contribution in [1.82, 2.24) is 0 Å². The third kappa shape index (κ3) is 763. The summed E-state index contributed by atoms with van der Waals surface area (Å²) in [6, 6.07) is 0. The van der Waals surface area contributed by atoms with Gasteiger partial charge in [0.15, 0.2) is 0 Å². The molecule has 0 amide bonds. The third-order valence-corrected chi connectivity index (χ3v) is 0. The van der Waals surface area contributed by atoms with Gasteiger partial charge in [-0.05, 0) is 0 Å². The first-order chi connectivity index (χ1) is 6.00. The number of rotatable bonds is 0. The molecule has 0 bridgehead atoms. The van der Waals surface area contributed by atoms with E-state index in [-0.39, 0.29) is 151 Å². The van der Waals surface area contributed by atoms with Crippen LogP contribution in [0.5, 0.6) is 0 Å². The Hall–Kier alpha value is 3.87. The maximum Gasteiger partial charge on any atom is 3.00 e. The van der Waals surface area contributed by atoms with Crippen molar-refractivity contribution in [1.29, 1.82) is 0 Å². The maximum atomic E-state index is 8.52. The largest absolute Gasteiger partial charge is 3.00 e. The predicted molar refractivity (Wildman–Crippen MR) is 52.4 cm³/mol. The Labute approximate surface area is 230 Å². The van der Waals surface area contributed by atoms with Crippen molar-refractivity contribution >= 4 is 65.9 Å². The molecule has 14 nitrogen and oxygen atoms in total. The van der Waals surface area contributed by atoms with Crippen LogP contribution in [0.4, 0.5) is 0 Å².